The van der Waals surface area contributed by atoms with Gasteiger partial charge in [-0.1, -0.05) is 0 Å². The zero-order valence-electron chi connectivity index (χ0n) is 19.0. The number of hydrogen-bond acceptors (Lipinski definition) is 6. The van der Waals surface area contributed by atoms with Gasteiger partial charge in [-0.2, -0.15) is 0 Å². The van der Waals surface area contributed by atoms with E-state index in [9.17, 15) is 9.90 Å². The lowest BCUT2D eigenvalue weighted by Gasteiger charge is -2.44. The average Bonchev–Trinajstić information content (AvgIpc) is 3.19. The van der Waals surface area contributed by atoms with E-state index >= 15 is 0 Å². The van der Waals surface area contributed by atoms with Crippen LogP contribution in [0.4, 0.5) is 0 Å². The van der Waals surface area contributed by atoms with Crippen LogP contribution in [0.1, 0.15) is 35.2 Å². The molecule has 3 aliphatic rings. The van der Waals surface area contributed by atoms with Crippen molar-refractivity contribution in [3.63, 3.8) is 0 Å². The van der Waals surface area contributed by atoms with Gasteiger partial charge in [0, 0.05) is 50.9 Å². The number of ether oxygens (including phenoxy) is 1. The highest BCUT2D eigenvalue weighted by Gasteiger charge is 2.45. The Hall–Kier alpha value is -1.67. The Morgan fingerprint density at radius 1 is 1.16 bits per heavy atom. The standard InChI is InChI=1S/C24H38N4O3/c1-26-8-10-27(11-9-26)21-13-19-15-28(16-20(19)14-22(21)29)24(30)18-5-6-23(31-2)17(12-18)4-3-7-25/h5-6,12,19-22,29H,3-4,7-11,13-16,25H2,1-2H3/t19-,20+,21-,22-/m1/s1. The molecule has 0 radical (unpaired) electrons. The molecule has 0 unspecified atom stereocenters. The fraction of sp³-hybridized carbons (Fsp3) is 0.708. The summed E-state index contributed by atoms with van der Waals surface area (Å²) in [7, 11) is 3.82. The largest absolute Gasteiger partial charge is 0.496 e. The molecule has 7 nitrogen and oxygen atoms in total. The Bertz CT molecular complexity index is 765. The van der Waals surface area contributed by atoms with E-state index in [2.05, 4.69) is 16.8 Å². The minimum Gasteiger partial charge on any atom is -0.496 e. The summed E-state index contributed by atoms with van der Waals surface area (Å²) in [6.45, 7) is 6.33. The van der Waals surface area contributed by atoms with E-state index in [-0.39, 0.29) is 18.1 Å². The summed E-state index contributed by atoms with van der Waals surface area (Å²) in [5.41, 5.74) is 7.44. The first-order valence-electron chi connectivity index (χ1n) is 11.8. The summed E-state index contributed by atoms with van der Waals surface area (Å²) in [6, 6.07) is 5.97. The van der Waals surface area contributed by atoms with Crippen molar-refractivity contribution < 1.29 is 14.6 Å². The number of piperazine rings is 1. The lowest BCUT2D eigenvalue weighted by molar-refractivity contribution is -0.0249. The van der Waals surface area contributed by atoms with Crippen molar-refractivity contribution in [3.05, 3.63) is 29.3 Å². The molecule has 3 N–H and O–H groups in total. The van der Waals surface area contributed by atoms with Gasteiger partial charge in [-0.3, -0.25) is 9.69 Å². The molecular weight excluding hydrogens is 392 g/mol. The first kappa shape index (κ1) is 22.5. The number of fused-ring (bicyclic) bond motifs is 1. The third-order valence-corrected chi connectivity index (χ3v) is 7.58. The molecule has 1 aromatic carbocycles. The van der Waals surface area contributed by atoms with Crippen molar-refractivity contribution in [3.8, 4) is 5.75 Å². The summed E-state index contributed by atoms with van der Waals surface area (Å²) in [5, 5.41) is 10.9. The van der Waals surface area contributed by atoms with Crippen LogP contribution in [-0.4, -0.2) is 97.8 Å². The van der Waals surface area contributed by atoms with Gasteiger partial charge in [-0.25, -0.2) is 0 Å². The molecule has 172 valence electrons. The summed E-state index contributed by atoms with van der Waals surface area (Å²) >= 11 is 0. The Balaban J connectivity index is 1.42. The molecule has 0 aromatic heterocycles. The molecule has 2 saturated heterocycles. The van der Waals surface area contributed by atoms with Crippen LogP contribution in [0.15, 0.2) is 18.2 Å². The van der Waals surface area contributed by atoms with E-state index in [0.29, 0.717) is 18.4 Å². The van der Waals surface area contributed by atoms with Crippen molar-refractivity contribution in [1.29, 1.82) is 0 Å². The Morgan fingerprint density at radius 3 is 2.55 bits per heavy atom. The maximum Gasteiger partial charge on any atom is 0.253 e. The molecule has 1 aromatic rings. The molecule has 31 heavy (non-hydrogen) atoms. The summed E-state index contributed by atoms with van der Waals surface area (Å²) in [6.07, 6.45) is 3.18. The van der Waals surface area contributed by atoms with Gasteiger partial charge >= 0.3 is 0 Å². The highest BCUT2D eigenvalue weighted by atomic mass is 16.5. The minimum atomic E-state index is -0.288. The van der Waals surface area contributed by atoms with Gasteiger partial charge in [0.05, 0.1) is 13.2 Å². The van der Waals surface area contributed by atoms with E-state index in [1.807, 2.05) is 23.1 Å². The number of aliphatic hydroxyl groups excluding tert-OH is 1. The van der Waals surface area contributed by atoms with Crippen LogP contribution in [0.5, 0.6) is 5.75 Å². The number of carbonyl (C=O) groups excluding carboxylic acids is 1. The number of hydrogen-bond donors (Lipinski definition) is 2. The first-order chi connectivity index (χ1) is 15.0. The number of nitrogens with two attached hydrogens (primary N) is 1. The van der Waals surface area contributed by atoms with Crippen molar-refractivity contribution in [1.82, 2.24) is 14.7 Å². The second kappa shape index (κ2) is 9.86. The molecule has 1 saturated carbocycles. The number of likely N-dealkylation sites (N-methyl/N-ethyl adjacent to an activating group) is 1. The van der Waals surface area contributed by atoms with Crippen LogP contribution < -0.4 is 10.5 Å². The number of aliphatic hydroxyl groups is 1. The van der Waals surface area contributed by atoms with Gasteiger partial charge in [0.15, 0.2) is 0 Å². The van der Waals surface area contributed by atoms with E-state index < -0.39 is 0 Å². The monoisotopic (exact) mass is 430 g/mol. The number of rotatable bonds is 6. The molecule has 0 spiro atoms. The Morgan fingerprint density at radius 2 is 1.87 bits per heavy atom. The van der Waals surface area contributed by atoms with Crippen LogP contribution in [0.3, 0.4) is 0 Å². The second-order valence-electron chi connectivity index (χ2n) is 9.59. The van der Waals surface area contributed by atoms with Crippen molar-refractivity contribution in [2.24, 2.45) is 17.6 Å². The van der Waals surface area contributed by atoms with Crippen LogP contribution in [0.2, 0.25) is 0 Å². The van der Waals surface area contributed by atoms with Gasteiger partial charge in [-0.15, -0.1) is 0 Å². The number of benzene rings is 1. The summed E-state index contributed by atoms with van der Waals surface area (Å²) in [4.78, 5) is 20.1. The predicted octanol–water partition coefficient (Wildman–Crippen LogP) is 1.05. The average molecular weight is 431 g/mol. The second-order valence-corrected chi connectivity index (χ2v) is 9.59. The minimum absolute atomic E-state index is 0.0942. The van der Waals surface area contributed by atoms with Crippen LogP contribution in [-0.2, 0) is 6.42 Å². The van der Waals surface area contributed by atoms with E-state index in [1.165, 1.54) is 0 Å². The van der Waals surface area contributed by atoms with Crippen LogP contribution >= 0.6 is 0 Å². The van der Waals surface area contributed by atoms with Gasteiger partial charge in [-0.05, 0) is 74.9 Å². The first-order valence-corrected chi connectivity index (χ1v) is 11.8. The number of amides is 1. The van der Waals surface area contributed by atoms with Gasteiger partial charge < -0.3 is 25.4 Å². The van der Waals surface area contributed by atoms with Crippen molar-refractivity contribution in [2.45, 2.75) is 37.8 Å². The highest BCUT2D eigenvalue weighted by molar-refractivity contribution is 5.94. The number of carbonyl (C=O) groups is 1. The molecule has 3 fully saturated rings. The summed E-state index contributed by atoms with van der Waals surface area (Å²) < 4.78 is 5.47. The number of likely N-dealkylation sites (tertiary alicyclic amines) is 1. The fourth-order valence-electron chi connectivity index (χ4n) is 5.70. The van der Waals surface area contributed by atoms with E-state index in [1.54, 1.807) is 7.11 Å². The van der Waals surface area contributed by atoms with Crippen LogP contribution in [0, 0.1) is 11.8 Å². The van der Waals surface area contributed by atoms with Crippen LogP contribution in [0.25, 0.3) is 0 Å². The lowest BCUT2D eigenvalue weighted by Crippen LogP contribution is -2.55. The maximum atomic E-state index is 13.3. The van der Waals surface area contributed by atoms with Gasteiger partial charge in [0.2, 0.25) is 0 Å². The molecule has 1 amide bonds. The molecule has 4 atom stereocenters. The summed E-state index contributed by atoms with van der Waals surface area (Å²) in [5.74, 6) is 1.79. The van der Waals surface area contributed by atoms with E-state index in [4.69, 9.17) is 10.5 Å². The smallest absolute Gasteiger partial charge is 0.253 e. The van der Waals surface area contributed by atoms with Crippen molar-refractivity contribution >= 4 is 5.91 Å². The molecule has 2 heterocycles. The Kier molecular flexibility index (Phi) is 7.16. The number of nitrogens with zero attached hydrogens (tertiary/aromatic N) is 3. The quantitative estimate of drug-likeness (QED) is 0.702. The molecular formula is C24H38N4O3. The number of methoxy groups -OCH3 is 1. The molecule has 4 rings (SSSR count). The molecule has 1 aliphatic carbocycles. The van der Waals surface area contributed by atoms with Crippen molar-refractivity contribution in [2.75, 3.05) is 60.0 Å². The topological polar surface area (TPSA) is 82.3 Å². The molecule has 7 heteroatoms. The van der Waals surface area contributed by atoms with Gasteiger partial charge in [0.25, 0.3) is 5.91 Å². The third-order valence-electron chi connectivity index (χ3n) is 7.58. The SMILES string of the molecule is COc1ccc(C(=O)N2C[C@H]3C[C@@H](N4CCN(C)CC4)[C@H](O)C[C@H]3C2)cc1CCCN. The zero-order chi connectivity index (χ0) is 22.0. The van der Waals surface area contributed by atoms with Gasteiger partial charge in [0.1, 0.15) is 5.75 Å². The molecule has 2 aliphatic heterocycles. The predicted molar refractivity (Wildman–Crippen MR) is 121 cm³/mol. The Labute approximate surface area is 186 Å². The normalized spacial score (nSPS) is 29.7. The lowest BCUT2D eigenvalue weighted by atomic mass is 9.77. The highest BCUT2D eigenvalue weighted by Crippen LogP contribution is 2.39. The van der Waals surface area contributed by atoms with E-state index in [0.717, 1.165) is 81.8 Å². The maximum absolute atomic E-state index is 13.3. The number of aryl methyl sites for hydroxylation is 1. The molecule has 0 bridgehead atoms. The zero-order valence-corrected chi connectivity index (χ0v) is 19.0. The fourth-order valence-corrected chi connectivity index (χ4v) is 5.70. The third kappa shape index (κ3) is 4.90.